The predicted octanol–water partition coefficient (Wildman–Crippen LogP) is 0.917. The molecular weight excluding hydrogens is 343 g/mol. The fraction of sp³-hybridized carbons (Fsp3) is 0.455. The summed E-state index contributed by atoms with van der Waals surface area (Å²) in [6.45, 7) is 0. The summed E-state index contributed by atoms with van der Waals surface area (Å²) < 4.78 is 63.4. The van der Waals surface area contributed by atoms with Gasteiger partial charge in [0.15, 0.2) is 15.7 Å². The number of nitrogen functional groups attached to an aromatic ring is 1. The quantitative estimate of drug-likeness (QED) is 0.783. The first-order chi connectivity index (χ1) is 9.61. The molecule has 21 heavy (non-hydrogen) atoms. The molecule has 1 aliphatic heterocycles. The summed E-state index contributed by atoms with van der Waals surface area (Å²) in [6.07, 6.45) is 0.728. The van der Waals surface area contributed by atoms with Gasteiger partial charge in [-0.15, -0.1) is 0 Å². The van der Waals surface area contributed by atoms with Gasteiger partial charge in [0.05, 0.1) is 16.5 Å². The van der Waals surface area contributed by atoms with E-state index in [9.17, 15) is 21.2 Å². The molecule has 1 atom stereocenters. The third kappa shape index (κ3) is 3.85. The van der Waals surface area contributed by atoms with Crippen LogP contribution in [0.5, 0.6) is 0 Å². The molecule has 1 aromatic rings. The van der Waals surface area contributed by atoms with E-state index in [0.29, 0.717) is 12.8 Å². The Kier molecular flexibility index (Phi) is 4.48. The molecule has 0 saturated carbocycles. The zero-order valence-electron chi connectivity index (χ0n) is 10.8. The van der Waals surface area contributed by atoms with Gasteiger partial charge in [0, 0.05) is 11.7 Å². The Morgan fingerprint density at radius 3 is 2.67 bits per heavy atom. The highest BCUT2D eigenvalue weighted by Crippen LogP contribution is 2.26. The second kappa shape index (κ2) is 5.71. The monoisotopic (exact) mass is 356 g/mol. The van der Waals surface area contributed by atoms with Crippen molar-refractivity contribution >= 4 is 37.1 Å². The molecule has 0 amide bonds. The van der Waals surface area contributed by atoms with Crippen LogP contribution < -0.4 is 10.5 Å². The minimum absolute atomic E-state index is 0.00181. The van der Waals surface area contributed by atoms with Gasteiger partial charge >= 0.3 is 0 Å². The highest BCUT2D eigenvalue weighted by Gasteiger charge is 2.30. The molecule has 1 aromatic carbocycles. The van der Waals surface area contributed by atoms with Crippen LogP contribution in [0.1, 0.15) is 12.8 Å². The van der Waals surface area contributed by atoms with Gasteiger partial charge in [-0.25, -0.2) is 25.9 Å². The van der Waals surface area contributed by atoms with Crippen molar-refractivity contribution in [3.8, 4) is 0 Å². The fourth-order valence-electron chi connectivity index (χ4n) is 2.18. The Labute approximate surface area is 127 Å². The summed E-state index contributed by atoms with van der Waals surface area (Å²) >= 11 is 5.57. The molecule has 1 saturated heterocycles. The number of rotatable bonds is 3. The second-order valence-electron chi connectivity index (χ2n) is 4.89. The number of hydrogen-bond acceptors (Lipinski definition) is 5. The molecule has 1 aliphatic rings. The first-order valence-corrected chi connectivity index (χ1v) is 9.76. The highest BCUT2D eigenvalue weighted by atomic mass is 35.5. The van der Waals surface area contributed by atoms with Crippen LogP contribution in [0.25, 0.3) is 0 Å². The van der Waals surface area contributed by atoms with Gasteiger partial charge < -0.3 is 5.73 Å². The summed E-state index contributed by atoms with van der Waals surface area (Å²) in [6, 6.07) is 1.26. The molecule has 0 radical (unpaired) electrons. The van der Waals surface area contributed by atoms with E-state index in [0.717, 1.165) is 12.1 Å². The first kappa shape index (κ1) is 16.5. The summed E-state index contributed by atoms with van der Waals surface area (Å²) in [5.41, 5.74) is 5.46. The normalized spacial score (nSPS) is 22.1. The lowest BCUT2D eigenvalue weighted by Crippen LogP contribution is -2.43. The molecule has 0 bridgehead atoms. The average Bonchev–Trinajstić information content (AvgIpc) is 2.31. The number of sulfonamides is 1. The number of benzene rings is 1. The lowest BCUT2D eigenvalue weighted by Gasteiger charge is -2.23. The van der Waals surface area contributed by atoms with Gasteiger partial charge in [-0.2, -0.15) is 0 Å². The van der Waals surface area contributed by atoms with E-state index in [1.165, 1.54) is 0 Å². The average molecular weight is 357 g/mol. The maximum atomic E-state index is 13.9. The van der Waals surface area contributed by atoms with E-state index in [2.05, 4.69) is 4.72 Å². The van der Waals surface area contributed by atoms with Crippen LogP contribution in [0.15, 0.2) is 17.0 Å². The van der Waals surface area contributed by atoms with E-state index >= 15 is 0 Å². The smallest absolute Gasteiger partial charge is 0.243 e. The molecule has 0 aromatic heterocycles. The Balaban J connectivity index is 2.31. The molecule has 6 nitrogen and oxygen atoms in total. The standard InChI is InChI=1S/C11H14ClFN2O4S2/c12-9-4-7(14)5-10(11(9)13)21(18,19)15-8-2-1-3-20(16,17)6-8/h4-5,8,15H,1-3,6,14H2. The Morgan fingerprint density at radius 1 is 1.38 bits per heavy atom. The van der Waals surface area contributed by atoms with E-state index in [4.69, 9.17) is 17.3 Å². The molecule has 1 fully saturated rings. The molecule has 3 N–H and O–H groups in total. The van der Waals surface area contributed by atoms with Crippen molar-refractivity contribution in [3.63, 3.8) is 0 Å². The molecule has 1 heterocycles. The lowest BCUT2D eigenvalue weighted by atomic mass is 10.2. The minimum Gasteiger partial charge on any atom is -0.399 e. The fourth-order valence-corrected chi connectivity index (χ4v) is 5.61. The number of halogens is 2. The maximum absolute atomic E-state index is 13.9. The molecule has 10 heteroatoms. The number of anilines is 1. The zero-order chi connectivity index (χ0) is 15.8. The Hall–Kier alpha value is -0.900. The van der Waals surface area contributed by atoms with Crippen LogP contribution in [0.4, 0.5) is 10.1 Å². The van der Waals surface area contributed by atoms with Gasteiger partial charge in [0.25, 0.3) is 0 Å². The van der Waals surface area contributed by atoms with Gasteiger partial charge in [-0.05, 0) is 25.0 Å². The molecule has 1 unspecified atom stereocenters. The van der Waals surface area contributed by atoms with E-state index in [1.807, 2.05) is 0 Å². The molecule has 0 aliphatic carbocycles. The topological polar surface area (TPSA) is 106 Å². The molecular formula is C11H14ClFN2O4S2. The summed E-state index contributed by atoms with van der Waals surface area (Å²) in [5.74, 6) is -1.38. The number of sulfone groups is 1. The predicted molar refractivity (Wildman–Crippen MR) is 77.8 cm³/mol. The number of hydrogen-bond donors (Lipinski definition) is 2. The zero-order valence-corrected chi connectivity index (χ0v) is 13.2. The van der Waals surface area contributed by atoms with Gasteiger partial charge in [-0.3, -0.25) is 0 Å². The molecule has 118 valence electrons. The maximum Gasteiger partial charge on any atom is 0.243 e. The Bertz CT molecular complexity index is 765. The third-order valence-corrected chi connectivity index (χ3v) is 6.71. The second-order valence-corrected chi connectivity index (χ2v) is 9.21. The van der Waals surface area contributed by atoms with Gasteiger partial charge in [0.1, 0.15) is 4.90 Å². The van der Waals surface area contributed by atoms with Crippen molar-refractivity contribution in [1.29, 1.82) is 0 Å². The SMILES string of the molecule is Nc1cc(Cl)c(F)c(S(=O)(=O)NC2CCCS(=O)(=O)C2)c1. The van der Waals surface area contributed by atoms with E-state index in [1.54, 1.807) is 0 Å². The van der Waals surface area contributed by atoms with Crippen LogP contribution in [-0.2, 0) is 19.9 Å². The summed E-state index contributed by atoms with van der Waals surface area (Å²) in [4.78, 5) is -0.685. The number of nitrogens with two attached hydrogens (primary N) is 1. The summed E-state index contributed by atoms with van der Waals surface area (Å²) in [7, 11) is -7.52. The van der Waals surface area contributed by atoms with Crippen molar-refractivity contribution in [2.75, 3.05) is 17.2 Å². The lowest BCUT2D eigenvalue weighted by molar-refractivity contribution is 0.512. The van der Waals surface area contributed by atoms with Crippen molar-refractivity contribution < 1.29 is 21.2 Å². The summed E-state index contributed by atoms with van der Waals surface area (Å²) in [5, 5.41) is -0.411. The Morgan fingerprint density at radius 2 is 2.05 bits per heavy atom. The van der Waals surface area contributed by atoms with Gasteiger partial charge in [0.2, 0.25) is 10.0 Å². The van der Waals surface area contributed by atoms with Crippen LogP contribution >= 0.6 is 11.6 Å². The van der Waals surface area contributed by atoms with Crippen molar-refractivity contribution in [2.24, 2.45) is 0 Å². The van der Waals surface area contributed by atoms with Gasteiger partial charge in [-0.1, -0.05) is 11.6 Å². The first-order valence-electron chi connectivity index (χ1n) is 6.08. The van der Waals surface area contributed by atoms with Crippen molar-refractivity contribution in [3.05, 3.63) is 23.0 Å². The largest absolute Gasteiger partial charge is 0.399 e. The van der Waals surface area contributed by atoms with E-state index in [-0.39, 0.29) is 17.2 Å². The van der Waals surface area contributed by atoms with Crippen LogP contribution in [0.2, 0.25) is 5.02 Å². The highest BCUT2D eigenvalue weighted by molar-refractivity contribution is 7.91. The van der Waals surface area contributed by atoms with Crippen LogP contribution in [0, 0.1) is 5.82 Å². The van der Waals surface area contributed by atoms with Crippen molar-refractivity contribution in [1.82, 2.24) is 4.72 Å². The van der Waals surface area contributed by atoms with E-state index < -0.39 is 41.6 Å². The van der Waals surface area contributed by atoms with Crippen LogP contribution in [-0.4, -0.2) is 34.4 Å². The number of nitrogens with one attached hydrogen (secondary N) is 1. The minimum atomic E-state index is -4.24. The third-order valence-electron chi connectivity index (χ3n) is 3.09. The molecule has 2 rings (SSSR count). The van der Waals surface area contributed by atoms with Crippen molar-refractivity contribution in [2.45, 2.75) is 23.8 Å². The van der Waals surface area contributed by atoms with Crippen LogP contribution in [0.3, 0.4) is 0 Å². The molecule has 0 spiro atoms.